The summed E-state index contributed by atoms with van der Waals surface area (Å²) >= 11 is 0. The first-order valence-corrected chi connectivity index (χ1v) is 33.6. The van der Waals surface area contributed by atoms with Gasteiger partial charge in [-0.05, 0) is 33.9 Å². The molecule has 0 saturated carbocycles. The summed E-state index contributed by atoms with van der Waals surface area (Å²) in [5.74, 6) is -29.7. The van der Waals surface area contributed by atoms with Crippen molar-refractivity contribution < 1.29 is 194 Å². The summed E-state index contributed by atoms with van der Waals surface area (Å²) < 4.78 is 173. The quantitative estimate of drug-likeness (QED) is 0.0385. The molecular formula is C23H50O41P10. The molecule has 438 valence electrons. The van der Waals surface area contributed by atoms with Crippen molar-refractivity contribution in [2.75, 3.05) is 0 Å². The van der Waals surface area contributed by atoms with Crippen LogP contribution in [0, 0.1) is 0 Å². The van der Waals surface area contributed by atoms with Crippen molar-refractivity contribution in [2.24, 2.45) is 0 Å². The fourth-order valence-electron chi connectivity index (χ4n) is 6.64. The van der Waals surface area contributed by atoms with Gasteiger partial charge in [0.1, 0.15) is 11.4 Å². The molecule has 51 heteroatoms. The van der Waals surface area contributed by atoms with Gasteiger partial charge in [-0.3, -0.25) is 4.52 Å². The lowest BCUT2D eigenvalue weighted by molar-refractivity contribution is -0.513. The van der Waals surface area contributed by atoms with E-state index in [-0.39, 0.29) is 0 Å². The van der Waals surface area contributed by atoms with Crippen molar-refractivity contribution in [3.63, 3.8) is 0 Å². The van der Waals surface area contributed by atoms with Crippen molar-refractivity contribution in [3.8, 4) is 5.75 Å². The number of benzene rings is 1. The zero-order chi connectivity index (χ0) is 59.4. The van der Waals surface area contributed by atoms with E-state index in [2.05, 4.69) is 40.7 Å². The fraction of sp³-hybridized carbons (Fsp3) is 0.739. The molecule has 1 aromatic carbocycles. The summed E-state index contributed by atoms with van der Waals surface area (Å²) in [5, 5.41) is 11.5. The number of hydrogen-bond donors (Lipinski definition) is 21. The average Bonchev–Trinajstić information content (AvgIpc) is 2.99. The molecule has 0 heterocycles. The number of phosphoric acid groups is 10. The van der Waals surface area contributed by atoms with Gasteiger partial charge in [0.15, 0.2) is 0 Å². The van der Waals surface area contributed by atoms with E-state index >= 15 is 0 Å². The average molecular weight is 1290 g/mol. The second kappa shape index (κ2) is 22.8. The van der Waals surface area contributed by atoms with E-state index in [1.165, 1.54) is 41.5 Å². The monoisotopic (exact) mass is 1290 g/mol. The minimum Gasteiger partial charge on any atom is -0.507 e. The molecule has 0 aliphatic rings. The summed E-state index contributed by atoms with van der Waals surface area (Å²) in [6.45, 7) is 8.32. The van der Waals surface area contributed by atoms with Crippen LogP contribution < -0.4 is 0 Å². The molecule has 0 aromatic heterocycles. The Hall–Kier alpha value is 0.120. The first-order valence-electron chi connectivity index (χ1n) is 18.3. The van der Waals surface area contributed by atoms with Crippen molar-refractivity contribution in [3.05, 3.63) is 28.8 Å². The predicted octanol–water partition coefficient (Wildman–Crippen LogP) is -0.0957. The smallest absolute Gasteiger partial charge is 0.474 e. The van der Waals surface area contributed by atoms with E-state index in [1.807, 2.05) is 0 Å². The summed E-state index contributed by atoms with van der Waals surface area (Å²) in [5.41, 5.74) is -10.0. The van der Waals surface area contributed by atoms with E-state index in [0.29, 0.717) is 19.1 Å². The van der Waals surface area contributed by atoms with E-state index in [0.717, 1.165) is 0 Å². The number of phenolic OH excluding ortho intramolecular Hbond substituents is 1. The molecule has 0 bridgehead atoms. The van der Waals surface area contributed by atoms with Crippen LogP contribution in [0.2, 0.25) is 0 Å². The topological polar surface area (TPSA) is 688 Å². The summed E-state index contributed by atoms with van der Waals surface area (Å²) in [7, 11) is -79.3. The highest BCUT2D eigenvalue weighted by Gasteiger charge is 2.93. The molecule has 41 nitrogen and oxygen atoms in total. The normalized spacial score (nSPS) is 16.4. The molecule has 0 aliphatic carbocycles. The van der Waals surface area contributed by atoms with Gasteiger partial charge in [-0.1, -0.05) is 67.0 Å². The van der Waals surface area contributed by atoms with Crippen LogP contribution in [0.25, 0.3) is 0 Å². The van der Waals surface area contributed by atoms with E-state index < -0.39 is 160 Å². The third-order valence-corrected chi connectivity index (χ3v) is 13.3. The van der Waals surface area contributed by atoms with Crippen molar-refractivity contribution >= 4 is 78.2 Å². The highest BCUT2D eigenvalue weighted by atomic mass is 31.2. The molecule has 0 spiro atoms. The molecule has 0 radical (unpaired) electrons. The maximum absolute atomic E-state index is 13.5. The third-order valence-electron chi connectivity index (χ3n) is 8.29. The molecule has 1 atom stereocenters. The van der Waals surface area contributed by atoms with Gasteiger partial charge in [-0.2, -0.15) is 0 Å². The zero-order valence-electron chi connectivity index (χ0n) is 37.8. The first-order chi connectivity index (χ1) is 31.8. The van der Waals surface area contributed by atoms with Crippen LogP contribution in [0.3, 0.4) is 0 Å². The highest BCUT2D eigenvalue weighted by Crippen LogP contribution is 2.76. The standard InChI is InChI=1S/C23H50O41P10/c1-8-9-19(55-65(25,26)27,12-13-10-14(17(2,3)4)16(24)15(11-13)18(5,6)7)20(56-66(28,29)30,57-67(31,32)33)21(58-68(34,35)36,59-69(37,38)39)22(60-70(40,41)42,61-71(43,44)45)23(62-72(46,47)48,63-73(49,50)51)64-74(52,53)54/h10-11,24H,8-9,12H2,1-7H3,(H2,25,26,27)(H2,28,29,30)(H2,31,32,33)(H2,34,35,36)(H2,37,38,39)(H2,40,41,42)(H2,43,44,45)(H2,46,47,48)(H2,49,50,51)(H2,52,53,54). The molecule has 1 unspecified atom stereocenters. The second-order valence-electron chi connectivity index (χ2n) is 16.7. The third kappa shape index (κ3) is 20.6. The predicted molar refractivity (Wildman–Crippen MR) is 229 cm³/mol. The fourth-order valence-corrected chi connectivity index (χ4v) is 13.0. The first kappa shape index (κ1) is 72.1. The van der Waals surface area contributed by atoms with Crippen LogP contribution in [-0.4, -0.2) is 132 Å². The Morgan fingerprint density at radius 1 is 0.365 bits per heavy atom. The van der Waals surface area contributed by atoms with Gasteiger partial charge in [0, 0.05) is 6.42 Å². The number of rotatable bonds is 28. The largest absolute Gasteiger partial charge is 0.507 e. The molecule has 0 fully saturated rings. The molecule has 0 aliphatic heterocycles. The number of phosphoric ester groups is 10. The lowest BCUT2D eigenvalue weighted by Crippen LogP contribution is -2.84. The Balaban J connectivity index is 6.38. The Morgan fingerprint density at radius 2 is 0.595 bits per heavy atom. The van der Waals surface area contributed by atoms with Crippen LogP contribution in [-0.2, 0) is 108 Å². The van der Waals surface area contributed by atoms with Gasteiger partial charge < -0.3 is 103 Å². The van der Waals surface area contributed by atoms with Gasteiger partial charge in [0.05, 0.1) is 0 Å². The lowest BCUT2D eigenvalue weighted by Gasteiger charge is -2.61. The van der Waals surface area contributed by atoms with E-state index in [9.17, 15) is 149 Å². The van der Waals surface area contributed by atoms with E-state index in [4.69, 9.17) is 4.52 Å². The van der Waals surface area contributed by atoms with Gasteiger partial charge >= 0.3 is 95.8 Å². The SMILES string of the molecule is CCCC(Cc1cc(C(C)(C)C)c(O)c(C(C)(C)C)c1)(OP(=O)(O)O)C(OP(=O)(O)O)(OP(=O)(O)O)C(OP(=O)(O)O)(OP(=O)(O)O)C(OP(=O)(O)O)(OP(=O)(O)O)C(OP(=O)(O)O)(OP(=O)(O)O)OP(=O)(O)O. The van der Waals surface area contributed by atoms with Crippen molar-refractivity contribution in [2.45, 2.75) is 107 Å². The number of aromatic hydroxyl groups is 1. The molecule has 0 amide bonds. The number of phenols is 1. The number of hydrogen-bond acceptors (Lipinski definition) is 21. The highest BCUT2D eigenvalue weighted by molar-refractivity contribution is 7.49. The minimum absolute atomic E-state index is 0.425. The lowest BCUT2D eigenvalue weighted by atomic mass is 9.73. The molecule has 74 heavy (non-hydrogen) atoms. The Morgan fingerprint density at radius 3 is 0.811 bits per heavy atom. The van der Waals surface area contributed by atoms with Crippen LogP contribution in [0.5, 0.6) is 5.75 Å². The summed E-state index contributed by atoms with van der Waals surface area (Å²) in [6.07, 6.45) is -6.00. The molecule has 1 aromatic rings. The Kier molecular flexibility index (Phi) is 22.2. The zero-order valence-corrected chi connectivity index (χ0v) is 46.7. The second-order valence-corrected chi connectivity index (χ2v) is 28.3. The van der Waals surface area contributed by atoms with Crippen LogP contribution in [0.1, 0.15) is 78.0 Å². The molecule has 1 rings (SSSR count). The summed E-state index contributed by atoms with van der Waals surface area (Å²) in [4.78, 5) is 208. The minimum atomic E-state index is -8.17. The summed E-state index contributed by atoms with van der Waals surface area (Å²) in [6, 6.07) is 1.21. The van der Waals surface area contributed by atoms with Gasteiger partial charge in [-0.25, -0.2) is 86.4 Å². The van der Waals surface area contributed by atoms with Gasteiger partial charge in [-0.15, -0.1) is 0 Å². The maximum atomic E-state index is 13.5. The van der Waals surface area contributed by atoms with Gasteiger partial charge in [0.2, 0.25) is 0 Å². The molecule has 21 N–H and O–H groups in total. The van der Waals surface area contributed by atoms with Crippen LogP contribution in [0.15, 0.2) is 12.1 Å². The van der Waals surface area contributed by atoms with Crippen LogP contribution >= 0.6 is 78.2 Å². The van der Waals surface area contributed by atoms with E-state index in [1.54, 1.807) is 0 Å². The Bertz CT molecular complexity index is 2520. The Labute approximate surface area is 413 Å². The van der Waals surface area contributed by atoms with Crippen molar-refractivity contribution in [1.29, 1.82) is 0 Å². The molecule has 0 saturated heterocycles. The van der Waals surface area contributed by atoms with Crippen LogP contribution in [0.4, 0.5) is 0 Å². The van der Waals surface area contributed by atoms with Crippen molar-refractivity contribution in [1.82, 2.24) is 0 Å². The molecular weight excluding hydrogens is 1240 g/mol. The maximum Gasteiger partial charge on any atom is 0.474 e. The van der Waals surface area contributed by atoms with Gasteiger partial charge in [0.25, 0.3) is 5.79 Å².